The van der Waals surface area contributed by atoms with E-state index in [0.29, 0.717) is 25.1 Å². The van der Waals surface area contributed by atoms with Crippen molar-refractivity contribution in [1.29, 1.82) is 0 Å². The van der Waals surface area contributed by atoms with Crippen LogP contribution in [0.3, 0.4) is 0 Å². The van der Waals surface area contributed by atoms with Gasteiger partial charge >= 0.3 is 6.18 Å². The lowest BCUT2D eigenvalue weighted by Crippen LogP contribution is -2.59. The zero-order valence-corrected chi connectivity index (χ0v) is 18.8. The van der Waals surface area contributed by atoms with Gasteiger partial charge in [0.1, 0.15) is 11.6 Å². The second-order valence-corrected chi connectivity index (χ2v) is 8.99. The smallest absolute Gasteiger partial charge is 0.418 e. The number of anilines is 1. The molecule has 2 aromatic rings. The van der Waals surface area contributed by atoms with Gasteiger partial charge in [0.15, 0.2) is 17.6 Å². The summed E-state index contributed by atoms with van der Waals surface area (Å²) in [5, 5.41) is 10.9. The van der Waals surface area contributed by atoms with Crippen LogP contribution >= 0.6 is 0 Å². The molecular weight excluding hydrogens is 444 g/mol. The molecule has 10 heteroatoms. The van der Waals surface area contributed by atoms with E-state index in [4.69, 9.17) is 9.15 Å². The number of hydrogen-bond acceptors (Lipinski definition) is 6. The summed E-state index contributed by atoms with van der Waals surface area (Å²) in [5.74, 6) is -0.175. The number of furan rings is 1. The second kappa shape index (κ2) is 9.34. The summed E-state index contributed by atoms with van der Waals surface area (Å²) in [6, 6.07) is 5.32. The molecule has 1 aromatic carbocycles. The minimum Gasteiger partial charge on any atom is -0.496 e. The van der Waals surface area contributed by atoms with Gasteiger partial charge in [-0.25, -0.2) is 4.39 Å². The van der Waals surface area contributed by atoms with E-state index in [2.05, 4.69) is 0 Å². The van der Waals surface area contributed by atoms with Crippen LogP contribution in [0.1, 0.15) is 36.4 Å². The summed E-state index contributed by atoms with van der Waals surface area (Å²) < 4.78 is 66.6. The second-order valence-electron chi connectivity index (χ2n) is 8.99. The number of alkyl halides is 3. The van der Waals surface area contributed by atoms with Crippen LogP contribution in [0.4, 0.5) is 23.2 Å². The maximum atomic E-state index is 14.1. The normalized spacial score (nSPS) is 17.6. The van der Waals surface area contributed by atoms with E-state index < -0.39 is 36.0 Å². The first kappa shape index (κ1) is 25.0. The van der Waals surface area contributed by atoms with Crippen molar-refractivity contribution in [2.45, 2.75) is 37.5 Å². The lowest BCUT2D eigenvalue weighted by molar-refractivity contribution is -0.271. The van der Waals surface area contributed by atoms with E-state index in [1.165, 1.54) is 39.4 Å². The summed E-state index contributed by atoms with van der Waals surface area (Å²) in [5.41, 5.74) is -3.43. The zero-order valence-electron chi connectivity index (χ0n) is 18.8. The average Bonchev–Trinajstić information content (AvgIpc) is 3.22. The fourth-order valence-electron chi connectivity index (χ4n) is 4.46. The quantitative estimate of drug-likeness (QED) is 0.463. The van der Waals surface area contributed by atoms with Crippen molar-refractivity contribution in [3.8, 4) is 5.75 Å². The Morgan fingerprint density at radius 3 is 2.39 bits per heavy atom. The first-order valence-electron chi connectivity index (χ1n) is 10.5. The third-order valence-corrected chi connectivity index (χ3v) is 6.13. The van der Waals surface area contributed by atoms with Gasteiger partial charge in [0.25, 0.3) is 0 Å². The van der Waals surface area contributed by atoms with E-state index in [1.54, 1.807) is 11.0 Å². The van der Waals surface area contributed by atoms with Crippen molar-refractivity contribution in [3.05, 3.63) is 47.7 Å². The highest BCUT2D eigenvalue weighted by atomic mass is 19.4. The molecule has 6 nitrogen and oxygen atoms in total. The third-order valence-electron chi connectivity index (χ3n) is 6.13. The van der Waals surface area contributed by atoms with Gasteiger partial charge in [0, 0.05) is 44.4 Å². The van der Waals surface area contributed by atoms with Gasteiger partial charge in [-0.2, -0.15) is 13.2 Å². The van der Waals surface area contributed by atoms with E-state index in [-0.39, 0.29) is 30.2 Å². The van der Waals surface area contributed by atoms with Crippen LogP contribution in [0.5, 0.6) is 5.75 Å². The molecule has 0 spiro atoms. The molecule has 33 heavy (non-hydrogen) atoms. The number of aldehydes is 1. The highest BCUT2D eigenvalue weighted by Gasteiger charge is 2.57. The predicted molar refractivity (Wildman–Crippen MR) is 114 cm³/mol. The summed E-state index contributed by atoms with van der Waals surface area (Å²) in [7, 11) is 1.36. The molecule has 1 atom stereocenters. The first-order valence-corrected chi connectivity index (χ1v) is 10.5. The van der Waals surface area contributed by atoms with E-state index >= 15 is 0 Å². The van der Waals surface area contributed by atoms with Crippen LogP contribution in [0, 0.1) is 5.82 Å². The molecule has 1 aromatic heterocycles. The summed E-state index contributed by atoms with van der Waals surface area (Å²) in [6.07, 6.45) is -3.61. The Morgan fingerprint density at radius 1 is 1.15 bits per heavy atom. The van der Waals surface area contributed by atoms with Crippen LogP contribution in [0.15, 0.2) is 34.9 Å². The number of nitrogens with zero attached hydrogens (tertiary/aromatic N) is 2. The average molecular weight is 472 g/mol. The van der Waals surface area contributed by atoms with Crippen molar-refractivity contribution in [2.24, 2.45) is 0 Å². The number of β-amino-alcohol motifs (C(OH)–C–C–N with tert-alkyl or cyclic N) is 1. The molecule has 1 unspecified atom stereocenters. The Bertz CT molecular complexity index is 968. The van der Waals surface area contributed by atoms with Crippen molar-refractivity contribution in [1.82, 2.24) is 4.90 Å². The molecule has 182 valence electrons. The number of benzene rings is 1. The Morgan fingerprint density at radius 2 is 1.82 bits per heavy atom. The molecule has 0 amide bonds. The monoisotopic (exact) mass is 472 g/mol. The Balaban J connectivity index is 1.77. The van der Waals surface area contributed by atoms with Crippen LogP contribution in [0.2, 0.25) is 0 Å². The largest absolute Gasteiger partial charge is 0.496 e. The van der Waals surface area contributed by atoms with Crippen molar-refractivity contribution < 1.29 is 36.6 Å². The molecule has 1 fully saturated rings. The first-order chi connectivity index (χ1) is 15.4. The van der Waals surface area contributed by atoms with Gasteiger partial charge in [-0.15, -0.1) is 0 Å². The molecule has 0 radical (unpaired) electrons. The molecular formula is C23H28F4N2O4. The molecule has 1 aliphatic rings. The van der Waals surface area contributed by atoms with E-state index in [1.807, 2.05) is 4.90 Å². The van der Waals surface area contributed by atoms with Gasteiger partial charge in [-0.1, -0.05) is 13.8 Å². The Labute approximate surface area is 189 Å². The maximum absolute atomic E-state index is 14.1. The van der Waals surface area contributed by atoms with E-state index in [0.717, 1.165) is 6.07 Å². The van der Waals surface area contributed by atoms with Crippen LogP contribution < -0.4 is 9.64 Å². The lowest BCUT2D eigenvalue weighted by Gasteiger charge is -2.43. The number of ether oxygens (including phenoxy) is 1. The highest BCUT2D eigenvalue weighted by Crippen LogP contribution is 2.44. The van der Waals surface area contributed by atoms with Crippen molar-refractivity contribution in [3.63, 3.8) is 0 Å². The number of piperazine rings is 1. The molecule has 1 saturated heterocycles. The standard InChI is InChI=1S/C23H28F4N2O4/c1-21(2,17-12-16(24)4-5-19(17)32-3)14-22(31,23(25,26)27)15-28-7-9-29(10-8-28)18-6-11-33-20(18)13-30/h4-6,11-13,31H,7-10,14-15H2,1-3H3. The van der Waals surface area contributed by atoms with Gasteiger partial charge in [0.05, 0.1) is 19.1 Å². The van der Waals surface area contributed by atoms with Gasteiger partial charge in [-0.05, 0) is 30.0 Å². The topological polar surface area (TPSA) is 66.2 Å². The third kappa shape index (κ3) is 5.33. The maximum Gasteiger partial charge on any atom is 0.418 e. The van der Waals surface area contributed by atoms with Gasteiger partial charge in [-0.3, -0.25) is 9.69 Å². The number of carbonyl (C=O) groups excluding carboxylic acids is 1. The molecule has 2 heterocycles. The summed E-state index contributed by atoms with van der Waals surface area (Å²) in [6.45, 7) is 3.68. The zero-order chi connectivity index (χ0) is 24.4. The molecule has 3 rings (SSSR count). The fraction of sp³-hybridized carbons (Fsp3) is 0.522. The van der Waals surface area contributed by atoms with Crippen LogP contribution in [0.25, 0.3) is 0 Å². The molecule has 0 bridgehead atoms. The van der Waals surface area contributed by atoms with Crippen molar-refractivity contribution >= 4 is 12.0 Å². The molecule has 1 N–H and O–H groups in total. The molecule has 0 saturated carbocycles. The number of halogens is 4. The summed E-state index contributed by atoms with van der Waals surface area (Å²) in [4.78, 5) is 14.5. The van der Waals surface area contributed by atoms with E-state index in [9.17, 15) is 27.5 Å². The Hall–Kier alpha value is -2.59. The summed E-state index contributed by atoms with van der Waals surface area (Å²) >= 11 is 0. The minimum atomic E-state index is -4.91. The molecule has 0 aliphatic carbocycles. The predicted octanol–water partition coefficient (Wildman–Crippen LogP) is 4.02. The SMILES string of the molecule is COc1ccc(F)cc1C(C)(C)CC(O)(CN1CCN(c2ccoc2C=O)CC1)C(F)(F)F. The molecule has 1 aliphatic heterocycles. The van der Waals surface area contributed by atoms with Crippen molar-refractivity contribution in [2.75, 3.05) is 44.7 Å². The number of aliphatic hydroxyl groups is 1. The minimum absolute atomic E-state index is 0.168. The van der Waals surface area contributed by atoms with Crippen LogP contribution in [-0.2, 0) is 5.41 Å². The van der Waals surface area contributed by atoms with Gasteiger partial charge < -0.3 is 19.2 Å². The highest BCUT2D eigenvalue weighted by molar-refractivity contribution is 5.80. The Kier molecular flexibility index (Phi) is 7.09. The fourth-order valence-corrected chi connectivity index (χ4v) is 4.46. The lowest BCUT2D eigenvalue weighted by atomic mass is 9.74. The van der Waals surface area contributed by atoms with Gasteiger partial charge in [0.2, 0.25) is 0 Å². The number of rotatable bonds is 8. The number of methoxy groups -OCH3 is 1. The number of carbonyl (C=O) groups is 1. The number of hydrogen-bond donors (Lipinski definition) is 1. The van der Waals surface area contributed by atoms with Crippen LogP contribution in [-0.4, -0.2) is 67.9 Å².